The van der Waals surface area contributed by atoms with Gasteiger partial charge in [0, 0.05) is 12.8 Å². The van der Waals surface area contributed by atoms with Crippen molar-refractivity contribution in [2.45, 2.75) is 57.8 Å². The standard InChI is InChI=1S/C18H24O2/c1-2-3-4-5-6-7-8-9-10-11-12-13-14-15-16-17-18(19)20/h2,5-6H,1,3-4,11-17H2,(H,19,20)/b6-5+. The van der Waals surface area contributed by atoms with E-state index >= 15 is 0 Å². The summed E-state index contributed by atoms with van der Waals surface area (Å²) in [6.07, 6.45) is 13.9. The smallest absolute Gasteiger partial charge is 0.303 e. The van der Waals surface area contributed by atoms with E-state index in [2.05, 4.69) is 30.3 Å². The van der Waals surface area contributed by atoms with Crippen LogP contribution in [0.4, 0.5) is 0 Å². The van der Waals surface area contributed by atoms with E-state index in [0.29, 0.717) is 0 Å². The summed E-state index contributed by atoms with van der Waals surface area (Å²) >= 11 is 0. The van der Waals surface area contributed by atoms with Crippen LogP contribution < -0.4 is 0 Å². The Hall–Kier alpha value is -1.93. The van der Waals surface area contributed by atoms with Crippen LogP contribution in [0.3, 0.4) is 0 Å². The summed E-state index contributed by atoms with van der Waals surface area (Å²) in [7, 11) is 0. The lowest BCUT2D eigenvalue weighted by Gasteiger charge is -1.96. The van der Waals surface area contributed by atoms with Gasteiger partial charge in [-0.3, -0.25) is 4.79 Å². The van der Waals surface area contributed by atoms with Gasteiger partial charge in [-0.05, 0) is 43.6 Å². The van der Waals surface area contributed by atoms with Gasteiger partial charge in [-0.15, -0.1) is 6.58 Å². The molecule has 0 amide bonds. The molecule has 0 fully saturated rings. The van der Waals surface area contributed by atoms with E-state index in [0.717, 1.165) is 51.4 Å². The Labute approximate surface area is 123 Å². The third kappa shape index (κ3) is 16.1. The van der Waals surface area contributed by atoms with E-state index in [9.17, 15) is 4.79 Å². The minimum absolute atomic E-state index is 0.287. The third-order valence-electron chi connectivity index (χ3n) is 2.65. The maximum absolute atomic E-state index is 10.3. The highest BCUT2D eigenvalue weighted by atomic mass is 16.4. The second-order valence-corrected chi connectivity index (χ2v) is 4.50. The molecule has 0 spiro atoms. The molecule has 0 aliphatic heterocycles. The van der Waals surface area contributed by atoms with E-state index in [1.165, 1.54) is 0 Å². The molecule has 2 nitrogen and oxygen atoms in total. The van der Waals surface area contributed by atoms with Gasteiger partial charge in [-0.25, -0.2) is 0 Å². The molecule has 0 unspecified atom stereocenters. The highest BCUT2D eigenvalue weighted by molar-refractivity contribution is 5.66. The fourth-order valence-corrected chi connectivity index (χ4v) is 1.56. The fourth-order valence-electron chi connectivity index (χ4n) is 1.56. The van der Waals surface area contributed by atoms with Crippen molar-refractivity contribution < 1.29 is 9.90 Å². The number of carbonyl (C=O) groups is 1. The molecule has 0 aromatic carbocycles. The predicted octanol–water partition coefficient (Wildman–Crippen LogP) is 4.33. The van der Waals surface area contributed by atoms with Crippen LogP contribution in [0, 0.1) is 23.7 Å². The number of aliphatic carboxylic acids is 1. The zero-order chi connectivity index (χ0) is 14.9. The highest BCUT2D eigenvalue weighted by Gasteiger charge is 1.95. The van der Waals surface area contributed by atoms with Crippen LogP contribution in [0.25, 0.3) is 0 Å². The molecule has 0 saturated carbocycles. The molecule has 108 valence electrons. The van der Waals surface area contributed by atoms with Crippen molar-refractivity contribution in [2.24, 2.45) is 0 Å². The number of carboxylic acids is 1. The number of unbranched alkanes of at least 4 members (excludes halogenated alkanes) is 6. The number of rotatable bonds is 10. The first kappa shape index (κ1) is 18.1. The van der Waals surface area contributed by atoms with Gasteiger partial charge >= 0.3 is 5.97 Å². The SMILES string of the molecule is C=CCC/C=C/C#CC#CCCCCCCCC(=O)O. The lowest BCUT2D eigenvalue weighted by molar-refractivity contribution is -0.137. The predicted molar refractivity (Wildman–Crippen MR) is 84.1 cm³/mol. The Bertz CT molecular complexity index is 410. The maximum atomic E-state index is 10.3. The number of allylic oxidation sites excluding steroid dienone is 3. The summed E-state index contributed by atoms with van der Waals surface area (Å²) < 4.78 is 0. The van der Waals surface area contributed by atoms with E-state index in [1.54, 1.807) is 0 Å². The molecular weight excluding hydrogens is 248 g/mol. The minimum Gasteiger partial charge on any atom is -0.481 e. The molecule has 0 rings (SSSR count). The van der Waals surface area contributed by atoms with Crippen molar-refractivity contribution in [3.8, 4) is 23.7 Å². The van der Waals surface area contributed by atoms with E-state index < -0.39 is 5.97 Å². The van der Waals surface area contributed by atoms with Crippen LogP contribution in [0.5, 0.6) is 0 Å². The second kappa shape index (κ2) is 15.1. The third-order valence-corrected chi connectivity index (χ3v) is 2.65. The van der Waals surface area contributed by atoms with Crippen LogP contribution in [0.15, 0.2) is 24.8 Å². The van der Waals surface area contributed by atoms with Gasteiger partial charge in [-0.2, -0.15) is 0 Å². The Kier molecular flexibility index (Phi) is 13.7. The molecule has 2 heteroatoms. The average molecular weight is 272 g/mol. The molecule has 0 aliphatic carbocycles. The van der Waals surface area contributed by atoms with Crippen LogP contribution in [0.1, 0.15) is 57.8 Å². The lowest BCUT2D eigenvalue weighted by Crippen LogP contribution is -1.93. The molecular formula is C18H24O2. The summed E-state index contributed by atoms with van der Waals surface area (Å²) in [5.41, 5.74) is 0. The number of hydrogen-bond acceptors (Lipinski definition) is 1. The van der Waals surface area contributed by atoms with Crippen LogP contribution in [-0.4, -0.2) is 11.1 Å². The first-order chi connectivity index (χ1) is 9.77. The van der Waals surface area contributed by atoms with Crippen molar-refractivity contribution in [1.82, 2.24) is 0 Å². The number of hydrogen-bond donors (Lipinski definition) is 1. The molecule has 1 N–H and O–H groups in total. The van der Waals surface area contributed by atoms with Gasteiger partial charge in [0.05, 0.1) is 0 Å². The van der Waals surface area contributed by atoms with Crippen molar-refractivity contribution in [3.05, 3.63) is 24.8 Å². The highest BCUT2D eigenvalue weighted by Crippen LogP contribution is 2.06. The van der Waals surface area contributed by atoms with Gasteiger partial charge in [0.1, 0.15) is 0 Å². The Balaban J connectivity index is 3.41. The van der Waals surface area contributed by atoms with Gasteiger partial charge < -0.3 is 5.11 Å². The first-order valence-electron chi connectivity index (χ1n) is 7.23. The second-order valence-electron chi connectivity index (χ2n) is 4.50. The normalized spacial score (nSPS) is 9.40. The molecule has 0 radical (unpaired) electrons. The maximum Gasteiger partial charge on any atom is 0.303 e. The molecule has 0 aliphatic rings. The van der Waals surface area contributed by atoms with E-state index in [1.807, 2.05) is 18.2 Å². The van der Waals surface area contributed by atoms with Crippen molar-refractivity contribution in [1.29, 1.82) is 0 Å². The van der Waals surface area contributed by atoms with Gasteiger partial charge in [0.15, 0.2) is 0 Å². The van der Waals surface area contributed by atoms with Crippen molar-refractivity contribution in [2.75, 3.05) is 0 Å². The topological polar surface area (TPSA) is 37.3 Å². The fraction of sp³-hybridized carbons (Fsp3) is 0.500. The zero-order valence-electron chi connectivity index (χ0n) is 12.2. The number of carboxylic acid groups (broad SMARTS) is 1. The van der Waals surface area contributed by atoms with Gasteiger partial charge in [0.2, 0.25) is 0 Å². The summed E-state index contributed by atoms with van der Waals surface area (Å²) in [4.78, 5) is 10.3. The molecule has 0 heterocycles. The Morgan fingerprint density at radius 1 is 1.05 bits per heavy atom. The zero-order valence-corrected chi connectivity index (χ0v) is 12.2. The summed E-state index contributed by atoms with van der Waals surface area (Å²) in [6.45, 7) is 3.65. The Morgan fingerprint density at radius 3 is 2.55 bits per heavy atom. The Morgan fingerprint density at radius 2 is 1.80 bits per heavy atom. The van der Waals surface area contributed by atoms with Crippen LogP contribution in [0.2, 0.25) is 0 Å². The van der Waals surface area contributed by atoms with Gasteiger partial charge in [-0.1, -0.05) is 43.3 Å². The summed E-state index contributed by atoms with van der Waals surface area (Å²) in [6, 6.07) is 0. The lowest BCUT2D eigenvalue weighted by atomic mass is 10.1. The first-order valence-corrected chi connectivity index (χ1v) is 7.23. The molecule has 0 atom stereocenters. The minimum atomic E-state index is -0.701. The van der Waals surface area contributed by atoms with E-state index in [4.69, 9.17) is 5.11 Å². The average Bonchev–Trinajstić information content (AvgIpc) is 2.43. The summed E-state index contributed by atoms with van der Waals surface area (Å²) in [5.74, 6) is 10.8. The summed E-state index contributed by atoms with van der Waals surface area (Å²) in [5, 5.41) is 8.48. The van der Waals surface area contributed by atoms with Crippen molar-refractivity contribution >= 4 is 5.97 Å². The van der Waals surface area contributed by atoms with Crippen molar-refractivity contribution in [3.63, 3.8) is 0 Å². The molecule has 0 bridgehead atoms. The molecule has 0 aromatic rings. The monoisotopic (exact) mass is 272 g/mol. The largest absolute Gasteiger partial charge is 0.481 e. The quantitative estimate of drug-likeness (QED) is 0.365. The van der Waals surface area contributed by atoms with Gasteiger partial charge in [0.25, 0.3) is 0 Å². The molecule has 0 aromatic heterocycles. The van der Waals surface area contributed by atoms with E-state index in [-0.39, 0.29) is 6.42 Å². The molecule has 0 saturated heterocycles. The van der Waals surface area contributed by atoms with Crippen LogP contribution in [-0.2, 0) is 4.79 Å². The molecule has 20 heavy (non-hydrogen) atoms. The van der Waals surface area contributed by atoms with Crippen LogP contribution >= 0.6 is 0 Å².